The van der Waals surface area contributed by atoms with Gasteiger partial charge in [0, 0.05) is 13.7 Å². The Morgan fingerprint density at radius 2 is 2.09 bits per heavy atom. The molecule has 0 aromatic heterocycles. The van der Waals surface area contributed by atoms with Crippen LogP contribution in [0.15, 0.2) is 23.3 Å². The molecule has 0 radical (unpaired) electrons. The van der Waals surface area contributed by atoms with Crippen LogP contribution >= 0.6 is 12.2 Å². The number of benzene rings is 1. The van der Waals surface area contributed by atoms with Gasteiger partial charge in [0.2, 0.25) is 0 Å². The number of hydrazone groups is 1. The lowest BCUT2D eigenvalue weighted by Crippen LogP contribution is -2.34. The summed E-state index contributed by atoms with van der Waals surface area (Å²) in [5, 5.41) is 7.48. The SMILES string of the molecule is CCCOc1ccc(/C=N\NC(=S)NCCOC)cc1OC. The van der Waals surface area contributed by atoms with Crippen molar-refractivity contribution in [1.29, 1.82) is 0 Å². The van der Waals surface area contributed by atoms with Crippen LogP contribution in [0.2, 0.25) is 0 Å². The summed E-state index contributed by atoms with van der Waals surface area (Å²) in [6.07, 6.45) is 2.61. The first-order chi connectivity index (χ1) is 10.7. The Morgan fingerprint density at radius 3 is 2.77 bits per heavy atom. The number of methoxy groups -OCH3 is 2. The second-order valence-electron chi connectivity index (χ2n) is 4.38. The highest BCUT2D eigenvalue weighted by Gasteiger charge is 2.04. The molecule has 0 saturated heterocycles. The number of thiocarbonyl (C=S) groups is 1. The molecule has 0 aliphatic heterocycles. The van der Waals surface area contributed by atoms with Crippen molar-refractivity contribution in [2.45, 2.75) is 13.3 Å². The van der Waals surface area contributed by atoms with E-state index in [1.54, 1.807) is 20.4 Å². The first-order valence-electron chi connectivity index (χ1n) is 7.08. The van der Waals surface area contributed by atoms with Crippen molar-refractivity contribution in [3.8, 4) is 11.5 Å². The summed E-state index contributed by atoms with van der Waals surface area (Å²) in [5.74, 6) is 1.41. The molecule has 0 spiro atoms. The molecule has 0 heterocycles. The van der Waals surface area contributed by atoms with Crippen molar-refractivity contribution in [1.82, 2.24) is 10.7 Å². The topological polar surface area (TPSA) is 64.1 Å². The number of nitrogens with one attached hydrogen (secondary N) is 2. The Bertz CT molecular complexity index is 495. The van der Waals surface area contributed by atoms with Gasteiger partial charge in [0.1, 0.15) is 0 Å². The molecule has 0 atom stereocenters. The van der Waals surface area contributed by atoms with Crippen LogP contribution in [0.1, 0.15) is 18.9 Å². The monoisotopic (exact) mass is 325 g/mol. The fourth-order valence-corrected chi connectivity index (χ4v) is 1.72. The first kappa shape index (κ1) is 18.2. The quantitative estimate of drug-likeness (QED) is 0.313. The second kappa shape index (κ2) is 10.8. The van der Waals surface area contributed by atoms with Gasteiger partial charge in [-0.2, -0.15) is 5.10 Å². The van der Waals surface area contributed by atoms with Crippen LogP contribution in [0, 0.1) is 0 Å². The van der Waals surface area contributed by atoms with E-state index < -0.39 is 0 Å². The molecule has 2 N–H and O–H groups in total. The van der Waals surface area contributed by atoms with Gasteiger partial charge < -0.3 is 19.5 Å². The van der Waals surface area contributed by atoms with Crippen molar-refractivity contribution in [2.24, 2.45) is 5.10 Å². The Kier molecular flexibility index (Phi) is 8.94. The summed E-state index contributed by atoms with van der Waals surface area (Å²) in [6, 6.07) is 5.63. The standard InChI is InChI=1S/C15H23N3O3S/c1-4-8-21-13-6-5-12(10-14(13)20-3)11-17-18-15(22)16-7-9-19-2/h5-6,10-11H,4,7-9H2,1-3H3,(H2,16,18,22)/b17-11-. The minimum atomic E-state index is 0.447. The highest BCUT2D eigenvalue weighted by molar-refractivity contribution is 7.80. The van der Waals surface area contributed by atoms with Gasteiger partial charge in [-0.05, 0) is 42.4 Å². The maximum Gasteiger partial charge on any atom is 0.187 e. The molecule has 122 valence electrons. The van der Waals surface area contributed by atoms with E-state index in [-0.39, 0.29) is 0 Å². The molecule has 0 bridgehead atoms. The Hall–Kier alpha value is -1.86. The predicted octanol–water partition coefficient (Wildman–Crippen LogP) is 1.93. The Labute approximate surface area is 136 Å². The van der Waals surface area contributed by atoms with Crippen molar-refractivity contribution in [3.05, 3.63) is 23.8 Å². The lowest BCUT2D eigenvalue weighted by molar-refractivity contribution is 0.204. The molecule has 6 nitrogen and oxygen atoms in total. The zero-order valence-electron chi connectivity index (χ0n) is 13.2. The minimum Gasteiger partial charge on any atom is -0.493 e. The van der Waals surface area contributed by atoms with Gasteiger partial charge in [-0.15, -0.1) is 0 Å². The Morgan fingerprint density at radius 1 is 1.27 bits per heavy atom. The summed E-state index contributed by atoms with van der Waals surface area (Å²) in [6.45, 7) is 3.94. The number of hydrogen-bond donors (Lipinski definition) is 2. The van der Waals surface area contributed by atoms with Crippen molar-refractivity contribution >= 4 is 23.5 Å². The van der Waals surface area contributed by atoms with Gasteiger partial charge >= 0.3 is 0 Å². The van der Waals surface area contributed by atoms with Crippen LogP contribution < -0.4 is 20.2 Å². The lowest BCUT2D eigenvalue weighted by Gasteiger charge is -2.10. The van der Waals surface area contributed by atoms with E-state index in [1.807, 2.05) is 18.2 Å². The van der Waals surface area contributed by atoms with Crippen molar-refractivity contribution in [3.63, 3.8) is 0 Å². The molecule has 1 aromatic carbocycles. The maximum atomic E-state index is 5.60. The van der Waals surface area contributed by atoms with Crippen LogP contribution in [0.3, 0.4) is 0 Å². The molecule has 0 fully saturated rings. The third-order valence-electron chi connectivity index (χ3n) is 2.62. The normalized spacial score (nSPS) is 10.5. The molecular weight excluding hydrogens is 302 g/mol. The molecule has 1 aromatic rings. The molecular formula is C15H23N3O3S. The van der Waals surface area contributed by atoms with Gasteiger partial charge in [0.15, 0.2) is 16.6 Å². The predicted molar refractivity (Wildman–Crippen MR) is 92.0 cm³/mol. The van der Waals surface area contributed by atoms with Gasteiger partial charge in [-0.25, -0.2) is 0 Å². The molecule has 0 aliphatic rings. The number of nitrogens with zero attached hydrogens (tertiary/aromatic N) is 1. The second-order valence-corrected chi connectivity index (χ2v) is 4.79. The van der Waals surface area contributed by atoms with Gasteiger partial charge in [0.05, 0.1) is 26.5 Å². The Balaban J connectivity index is 2.54. The molecule has 0 aliphatic carbocycles. The molecule has 7 heteroatoms. The van der Waals surface area contributed by atoms with Crippen molar-refractivity contribution < 1.29 is 14.2 Å². The van der Waals surface area contributed by atoms with Crippen LogP contribution in [0.5, 0.6) is 11.5 Å². The van der Waals surface area contributed by atoms with Crippen LogP contribution in [-0.4, -0.2) is 45.3 Å². The number of hydrogen-bond acceptors (Lipinski definition) is 5. The highest BCUT2D eigenvalue weighted by Crippen LogP contribution is 2.27. The highest BCUT2D eigenvalue weighted by atomic mass is 32.1. The van der Waals surface area contributed by atoms with E-state index >= 15 is 0 Å². The third-order valence-corrected chi connectivity index (χ3v) is 2.86. The third kappa shape index (κ3) is 6.73. The van der Waals surface area contributed by atoms with E-state index in [0.29, 0.717) is 30.6 Å². The van der Waals surface area contributed by atoms with Crippen molar-refractivity contribution in [2.75, 3.05) is 34.0 Å². The maximum absolute atomic E-state index is 5.60. The van der Waals surface area contributed by atoms with Gasteiger partial charge in [-0.1, -0.05) is 6.92 Å². The average molecular weight is 325 g/mol. The zero-order chi connectivity index (χ0) is 16.2. The fourth-order valence-electron chi connectivity index (χ4n) is 1.57. The van der Waals surface area contributed by atoms with E-state index in [2.05, 4.69) is 22.8 Å². The summed E-state index contributed by atoms with van der Waals surface area (Å²) in [5.41, 5.74) is 3.62. The lowest BCUT2D eigenvalue weighted by atomic mass is 10.2. The van der Waals surface area contributed by atoms with Crippen LogP contribution in [-0.2, 0) is 4.74 Å². The van der Waals surface area contributed by atoms with E-state index in [4.69, 9.17) is 26.4 Å². The minimum absolute atomic E-state index is 0.447. The molecule has 22 heavy (non-hydrogen) atoms. The van der Waals surface area contributed by atoms with E-state index in [1.165, 1.54) is 0 Å². The largest absolute Gasteiger partial charge is 0.493 e. The van der Waals surface area contributed by atoms with Crippen LogP contribution in [0.4, 0.5) is 0 Å². The molecule has 0 amide bonds. The smallest absolute Gasteiger partial charge is 0.187 e. The zero-order valence-corrected chi connectivity index (χ0v) is 14.0. The molecule has 1 rings (SSSR count). The first-order valence-corrected chi connectivity index (χ1v) is 7.48. The van der Waals surface area contributed by atoms with Gasteiger partial charge in [0.25, 0.3) is 0 Å². The van der Waals surface area contributed by atoms with E-state index in [0.717, 1.165) is 17.7 Å². The van der Waals surface area contributed by atoms with Crippen LogP contribution in [0.25, 0.3) is 0 Å². The molecule has 0 saturated carbocycles. The van der Waals surface area contributed by atoms with E-state index in [9.17, 15) is 0 Å². The average Bonchev–Trinajstić information content (AvgIpc) is 2.53. The summed E-state index contributed by atoms with van der Waals surface area (Å²) in [4.78, 5) is 0. The number of ether oxygens (including phenoxy) is 3. The summed E-state index contributed by atoms with van der Waals surface area (Å²) in [7, 11) is 3.25. The molecule has 0 unspecified atom stereocenters. The number of rotatable bonds is 9. The summed E-state index contributed by atoms with van der Waals surface area (Å²) < 4.78 is 15.8. The van der Waals surface area contributed by atoms with Gasteiger partial charge in [-0.3, -0.25) is 5.43 Å². The fraction of sp³-hybridized carbons (Fsp3) is 0.467. The summed E-state index contributed by atoms with van der Waals surface area (Å²) >= 11 is 5.06.